The summed E-state index contributed by atoms with van der Waals surface area (Å²) in [6.45, 7) is 1.05. The van der Waals surface area contributed by atoms with E-state index in [0.29, 0.717) is 19.0 Å². The lowest BCUT2D eigenvalue weighted by molar-refractivity contribution is 0.171. The number of anilines is 1. The zero-order chi connectivity index (χ0) is 19.1. The van der Waals surface area contributed by atoms with Gasteiger partial charge in [-0.1, -0.05) is 42.1 Å². The van der Waals surface area contributed by atoms with Crippen molar-refractivity contribution in [3.63, 3.8) is 0 Å². The molecule has 1 saturated heterocycles. The fourth-order valence-corrected chi connectivity index (χ4v) is 6.76. The lowest BCUT2D eigenvalue weighted by Crippen LogP contribution is -2.39. The topological polar surface area (TPSA) is 68.2 Å². The van der Waals surface area contributed by atoms with Crippen LogP contribution in [0.15, 0.2) is 53.5 Å². The van der Waals surface area contributed by atoms with Crippen LogP contribution in [-0.2, 0) is 15.6 Å². The minimum Gasteiger partial charge on any atom is -0.486 e. The minimum absolute atomic E-state index is 0.119. The van der Waals surface area contributed by atoms with Crippen molar-refractivity contribution in [3.05, 3.63) is 54.1 Å². The molecule has 0 amide bonds. The van der Waals surface area contributed by atoms with Gasteiger partial charge < -0.3 is 14.4 Å². The van der Waals surface area contributed by atoms with Gasteiger partial charge in [0.2, 0.25) is 0 Å². The molecule has 5 rings (SSSR count). The Bertz CT molecular complexity index is 1020. The fourth-order valence-electron chi connectivity index (χ4n) is 3.84. The molecule has 0 unspecified atom stereocenters. The maximum atomic E-state index is 12.2. The van der Waals surface area contributed by atoms with Crippen LogP contribution in [-0.4, -0.2) is 50.4 Å². The average Bonchev–Trinajstić information content (AvgIpc) is 3.17. The zero-order valence-corrected chi connectivity index (χ0v) is 16.8. The van der Waals surface area contributed by atoms with Crippen LogP contribution in [0.2, 0.25) is 0 Å². The second-order valence-corrected chi connectivity index (χ2v) is 10.2. The van der Waals surface area contributed by atoms with E-state index in [2.05, 4.69) is 17.0 Å². The molecule has 0 bridgehead atoms. The Hall–Kier alpha value is -2.19. The number of rotatable bonds is 3. The van der Waals surface area contributed by atoms with Crippen LogP contribution in [0.25, 0.3) is 0 Å². The summed E-state index contributed by atoms with van der Waals surface area (Å²) in [6.07, 6.45) is 0. The molecule has 28 heavy (non-hydrogen) atoms. The van der Waals surface area contributed by atoms with E-state index in [1.165, 1.54) is 5.56 Å². The number of hydrogen-bond acceptors (Lipinski definition) is 7. The van der Waals surface area contributed by atoms with E-state index in [1.54, 1.807) is 11.8 Å². The second kappa shape index (κ2) is 7.00. The maximum absolute atomic E-state index is 12.2. The number of benzene rings is 2. The van der Waals surface area contributed by atoms with Crippen LogP contribution in [0.3, 0.4) is 0 Å². The fraction of sp³-hybridized carbons (Fsp3) is 0.350. The Kier molecular flexibility index (Phi) is 4.47. The predicted octanol–water partition coefficient (Wildman–Crippen LogP) is 2.73. The summed E-state index contributed by atoms with van der Waals surface area (Å²) in [5, 5.41) is 0.866. The van der Waals surface area contributed by atoms with Gasteiger partial charge >= 0.3 is 0 Å². The molecule has 1 fully saturated rings. The smallest absolute Gasteiger partial charge is 0.164 e. The summed E-state index contributed by atoms with van der Waals surface area (Å²) in [7, 11) is -3.07. The van der Waals surface area contributed by atoms with E-state index in [1.807, 2.05) is 36.4 Å². The summed E-state index contributed by atoms with van der Waals surface area (Å²) >= 11 is 1.64. The van der Waals surface area contributed by atoms with Crippen molar-refractivity contribution in [3.8, 4) is 11.5 Å². The number of hydrogen-bond donors (Lipinski definition) is 0. The molecule has 0 saturated carbocycles. The lowest BCUT2D eigenvalue weighted by atomic mass is 10.1. The number of aliphatic imine (C=N–C) groups is 1. The van der Waals surface area contributed by atoms with Crippen molar-refractivity contribution >= 4 is 32.5 Å². The van der Waals surface area contributed by atoms with Crippen molar-refractivity contribution < 1.29 is 17.9 Å². The Balaban J connectivity index is 1.46. The zero-order valence-electron chi connectivity index (χ0n) is 15.2. The van der Waals surface area contributed by atoms with Gasteiger partial charge in [-0.2, -0.15) is 0 Å². The third kappa shape index (κ3) is 3.35. The molecule has 6 nitrogen and oxygen atoms in total. The highest BCUT2D eigenvalue weighted by Crippen LogP contribution is 2.40. The standard InChI is InChI=1S/C20H20N2O4S2/c23-28(24)12-16-17(13-28)22(15-6-7-18-19(10-15)26-9-8-25-18)20(21-16)27-11-14-4-2-1-3-5-14/h1-7,10,16-17H,8-9,11-13H2/t16-,17+/m1/s1. The van der Waals surface area contributed by atoms with Crippen LogP contribution < -0.4 is 14.4 Å². The van der Waals surface area contributed by atoms with Gasteiger partial charge in [0, 0.05) is 17.5 Å². The SMILES string of the molecule is O=S1(=O)C[C@H]2N=C(SCc3ccccc3)N(c3ccc4c(c3)OCCO4)[C@H]2C1. The number of ether oxygens (including phenoxy) is 2. The van der Waals surface area contributed by atoms with E-state index in [4.69, 9.17) is 14.5 Å². The third-order valence-corrected chi connectivity index (χ3v) is 7.86. The Morgan fingerprint density at radius 1 is 1.04 bits per heavy atom. The number of thioether (sulfide) groups is 1. The van der Waals surface area contributed by atoms with E-state index < -0.39 is 9.84 Å². The van der Waals surface area contributed by atoms with Crippen molar-refractivity contribution in [2.75, 3.05) is 29.6 Å². The highest BCUT2D eigenvalue weighted by Gasteiger charge is 2.47. The van der Waals surface area contributed by atoms with Gasteiger partial charge in [0.15, 0.2) is 26.5 Å². The molecule has 3 aliphatic heterocycles. The summed E-state index contributed by atoms with van der Waals surface area (Å²) in [5.41, 5.74) is 2.11. The minimum atomic E-state index is -3.07. The van der Waals surface area contributed by atoms with Gasteiger partial charge in [-0.25, -0.2) is 8.42 Å². The Morgan fingerprint density at radius 3 is 2.64 bits per heavy atom. The quantitative estimate of drug-likeness (QED) is 0.766. The lowest BCUT2D eigenvalue weighted by Gasteiger charge is -2.28. The first kappa shape index (κ1) is 17.9. The molecular formula is C20H20N2O4S2. The van der Waals surface area contributed by atoms with E-state index in [0.717, 1.165) is 22.4 Å². The normalized spacial score (nSPS) is 24.7. The molecule has 0 spiro atoms. The van der Waals surface area contributed by atoms with Crippen molar-refractivity contribution in [1.82, 2.24) is 0 Å². The van der Waals surface area contributed by atoms with Crippen LogP contribution in [0.4, 0.5) is 5.69 Å². The van der Waals surface area contributed by atoms with E-state index in [-0.39, 0.29) is 23.6 Å². The second-order valence-electron chi connectivity index (χ2n) is 7.10. The highest BCUT2D eigenvalue weighted by atomic mass is 32.2. The molecule has 0 N–H and O–H groups in total. The van der Waals surface area contributed by atoms with Gasteiger partial charge in [-0.15, -0.1) is 0 Å². The van der Waals surface area contributed by atoms with Crippen LogP contribution in [0.1, 0.15) is 5.56 Å². The molecule has 0 aromatic heterocycles. The molecule has 2 aromatic rings. The van der Waals surface area contributed by atoms with Crippen molar-refractivity contribution in [1.29, 1.82) is 0 Å². The highest BCUT2D eigenvalue weighted by molar-refractivity contribution is 8.13. The average molecular weight is 417 g/mol. The molecular weight excluding hydrogens is 396 g/mol. The van der Waals surface area contributed by atoms with Crippen LogP contribution >= 0.6 is 11.8 Å². The molecule has 2 atom stereocenters. The first-order valence-corrected chi connectivity index (χ1v) is 12.0. The molecule has 8 heteroatoms. The van der Waals surface area contributed by atoms with Crippen LogP contribution in [0.5, 0.6) is 11.5 Å². The van der Waals surface area contributed by atoms with E-state index >= 15 is 0 Å². The van der Waals surface area contributed by atoms with Crippen molar-refractivity contribution in [2.45, 2.75) is 17.8 Å². The summed E-state index contributed by atoms with van der Waals surface area (Å²) in [5.74, 6) is 2.45. The maximum Gasteiger partial charge on any atom is 0.164 e. The van der Waals surface area contributed by atoms with Crippen LogP contribution in [0, 0.1) is 0 Å². The first-order chi connectivity index (χ1) is 13.6. The molecule has 146 valence electrons. The summed E-state index contributed by atoms with van der Waals surface area (Å²) in [6, 6.07) is 15.6. The Morgan fingerprint density at radius 2 is 1.82 bits per heavy atom. The molecule has 0 aliphatic carbocycles. The molecule has 3 heterocycles. The number of amidine groups is 1. The van der Waals surface area contributed by atoms with E-state index in [9.17, 15) is 8.42 Å². The predicted molar refractivity (Wildman–Crippen MR) is 111 cm³/mol. The largest absolute Gasteiger partial charge is 0.486 e. The van der Waals surface area contributed by atoms with Gasteiger partial charge in [0.25, 0.3) is 0 Å². The molecule has 2 aromatic carbocycles. The third-order valence-electron chi connectivity index (χ3n) is 5.12. The number of nitrogens with zero attached hydrogens (tertiary/aromatic N) is 2. The Labute approximate surface area is 168 Å². The van der Waals surface area contributed by atoms with Gasteiger partial charge in [0.1, 0.15) is 13.2 Å². The van der Waals surface area contributed by atoms with Gasteiger partial charge in [0.05, 0.1) is 23.6 Å². The monoisotopic (exact) mass is 416 g/mol. The van der Waals surface area contributed by atoms with Gasteiger partial charge in [-0.05, 0) is 17.7 Å². The first-order valence-electron chi connectivity index (χ1n) is 9.23. The van der Waals surface area contributed by atoms with Crippen molar-refractivity contribution in [2.24, 2.45) is 4.99 Å². The van der Waals surface area contributed by atoms with Gasteiger partial charge in [-0.3, -0.25) is 4.99 Å². The number of fused-ring (bicyclic) bond motifs is 2. The molecule has 3 aliphatic rings. The summed E-state index contributed by atoms with van der Waals surface area (Å²) < 4.78 is 35.7. The number of sulfone groups is 1. The molecule has 0 radical (unpaired) electrons. The summed E-state index contributed by atoms with van der Waals surface area (Å²) in [4.78, 5) is 6.86.